The molecule has 2 atom stereocenters. The highest BCUT2D eigenvalue weighted by Gasteiger charge is 2.42. The quantitative estimate of drug-likeness (QED) is 0.498. The summed E-state index contributed by atoms with van der Waals surface area (Å²) in [5, 5.41) is 9.17. The third-order valence-corrected chi connectivity index (χ3v) is 6.36. The SMILES string of the molecule is O=C(c1ccccc1-n1nccn1)N1CC2CN(c3ncc4ccc(F)cc4n3)CC2C1. The Morgan fingerprint density at radius 2 is 1.72 bits per heavy atom. The second-order valence-electron chi connectivity index (χ2n) is 8.34. The van der Waals surface area contributed by atoms with Gasteiger partial charge in [-0.2, -0.15) is 15.0 Å². The summed E-state index contributed by atoms with van der Waals surface area (Å²) in [7, 11) is 0. The van der Waals surface area contributed by atoms with E-state index in [0.29, 0.717) is 47.6 Å². The Hall–Kier alpha value is -3.88. The lowest BCUT2D eigenvalue weighted by Crippen LogP contribution is -2.34. The van der Waals surface area contributed by atoms with Crippen molar-refractivity contribution in [1.82, 2.24) is 29.9 Å². The summed E-state index contributed by atoms with van der Waals surface area (Å²) >= 11 is 0. The number of hydrogen-bond donors (Lipinski definition) is 0. The Morgan fingerprint density at radius 1 is 0.969 bits per heavy atom. The molecule has 0 N–H and O–H groups in total. The van der Waals surface area contributed by atoms with E-state index in [4.69, 9.17) is 0 Å². The lowest BCUT2D eigenvalue weighted by Gasteiger charge is -2.22. The van der Waals surface area contributed by atoms with Crippen LogP contribution in [0.5, 0.6) is 0 Å². The number of para-hydroxylation sites is 1. The molecule has 2 aromatic heterocycles. The third kappa shape index (κ3) is 3.17. The van der Waals surface area contributed by atoms with Gasteiger partial charge in [0.15, 0.2) is 0 Å². The number of nitrogens with zero attached hydrogens (tertiary/aromatic N) is 7. The Morgan fingerprint density at radius 3 is 2.50 bits per heavy atom. The molecule has 2 fully saturated rings. The molecule has 0 spiro atoms. The topological polar surface area (TPSA) is 80.0 Å². The molecule has 0 aliphatic carbocycles. The zero-order valence-electron chi connectivity index (χ0n) is 17.2. The van der Waals surface area contributed by atoms with Crippen LogP contribution in [-0.2, 0) is 0 Å². The highest BCUT2D eigenvalue weighted by atomic mass is 19.1. The smallest absolute Gasteiger partial charge is 0.256 e. The summed E-state index contributed by atoms with van der Waals surface area (Å²) in [4.78, 5) is 27.9. The van der Waals surface area contributed by atoms with Gasteiger partial charge in [-0.25, -0.2) is 14.4 Å². The lowest BCUT2D eigenvalue weighted by molar-refractivity contribution is 0.0782. The number of fused-ring (bicyclic) bond motifs is 2. The molecule has 2 saturated heterocycles. The maximum Gasteiger partial charge on any atom is 0.256 e. The summed E-state index contributed by atoms with van der Waals surface area (Å²) < 4.78 is 13.6. The summed E-state index contributed by atoms with van der Waals surface area (Å²) in [5.74, 6) is 1.00. The van der Waals surface area contributed by atoms with E-state index in [1.807, 2.05) is 29.2 Å². The van der Waals surface area contributed by atoms with E-state index in [1.54, 1.807) is 24.7 Å². The van der Waals surface area contributed by atoms with Gasteiger partial charge in [-0.3, -0.25) is 4.79 Å². The molecule has 4 aromatic rings. The van der Waals surface area contributed by atoms with Gasteiger partial charge >= 0.3 is 0 Å². The molecule has 2 aliphatic rings. The molecule has 32 heavy (non-hydrogen) atoms. The Kier molecular flexibility index (Phi) is 4.34. The van der Waals surface area contributed by atoms with Gasteiger partial charge < -0.3 is 9.80 Å². The van der Waals surface area contributed by atoms with Gasteiger partial charge in [0.05, 0.1) is 29.2 Å². The van der Waals surface area contributed by atoms with Crippen LogP contribution in [0, 0.1) is 17.7 Å². The molecular weight excluding hydrogens is 409 g/mol. The van der Waals surface area contributed by atoms with Crippen molar-refractivity contribution in [2.45, 2.75) is 0 Å². The van der Waals surface area contributed by atoms with Crippen molar-refractivity contribution in [3.05, 3.63) is 72.4 Å². The lowest BCUT2D eigenvalue weighted by atomic mass is 10.0. The first-order valence-electron chi connectivity index (χ1n) is 10.6. The highest BCUT2D eigenvalue weighted by molar-refractivity contribution is 5.98. The average Bonchev–Trinajstić information content (AvgIpc) is 3.55. The van der Waals surface area contributed by atoms with Gasteiger partial charge in [-0.15, -0.1) is 0 Å². The number of benzene rings is 2. The van der Waals surface area contributed by atoms with Crippen LogP contribution < -0.4 is 4.90 Å². The van der Waals surface area contributed by atoms with E-state index in [2.05, 4.69) is 25.1 Å². The predicted octanol–water partition coefficient (Wildman–Crippen LogP) is 2.56. The van der Waals surface area contributed by atoms with Gasteiger partial charge in [0.2, 0.25) is 5.95 Å². The standard InChI is InChI=1S/C23H20FN7O/c24-18-6-5-15-10-25-23(28-20(15)9-18)30-13-16-11-29(12-17(16)14-30)22(32)19-3-1-2-4-21(19)31-26-7-8-27-31/h1-10,16-17H,11-14H2. The minimum Gasteiger partial charge on any atom is -0.340 e. The maximum absolute atomic E-state index is 13.6. The van der Waals surface area contributed by atoms with Gasteiger partial charge in [-0.05, 0) is 24.3 Å². The van der Waals surface area contributed by atoms with Crippen LogP contribution in [-0.4, -0.2) is 61.9 Å². The zero-order chi connectivity index (χ0) is 21.7. The zero-order valence-corrected chi connectivity index (χ0v) is 17.2. The Balaban J connectivity index is 1.19. The minimum absolute atomic E-state index is 0.00344. The molecule has 0 radical (unpaired) electrons. The number of hydrogen-bond acceptors (Lipinski definition) is 6. The van der Waals surface area contributed by atoms with E-state index >= 15 is 0 Å². The van der Waals surface area contributed by atoms with E-state index in [1.165, 1.54) is 16.9 Å². The number of halogens is 1. The molecule has 160 valence electrons. The predicted molar refractivity (Wildman–Crippen MR) is 116 cm³/mol. The van der Waals surface area contributed by atoms with Crippen molar-refractivity contribution in [1.29, 1.82) is 0 Å². The van der Waals surface area contributed by atoms with Crippen molar-refractivity contribution in [3.8, 4) is 5.69 Å². The summed E-state index contributed by atoms with van der Waals surface area (Å²) in [6.45, 7) is 2.92. The van der Waals surface area contributed by atoms with Crippen molar-refractivity contribution in [3.63, 3.8) is 0 Å². The fourth-order valence-corrected chi connectivity index (χ4v) is 4.80. The first-order valence-corrected chi connectivity index (χ1v) is 10.6. The van der Waals surface area contributed by atoms with Gasteiger partial charge in [0.25, 0.3) is 5.91 Å². The molecule has 2 unspecified atom stereocenters. The molecule has 2 aliphatic heterocycles. The minimum atomic E-state index is -0.305. The molecular formula is C23H20FN7O. The third-order valence-electron chi connectivity index (χ3n) is 6.36. The fraction of sp³-hybridized carbons (Fsp3) is 0.261. The van der Waals surface area contributed by atoms with Crippen LogP contribution in [0.25, 0.3) is 16.6 Å². The second-order valence-corrected chi connectivity index (χ2v) is 8.34. The van der Waals surface area contributed by atoms with Gasteiger partial charge in [0.1, 0.15) is 5.82 Å². The molecule has 6 rings (SSSR count). The van der Waals surface area contributed by atoms with Crippen molar-refractivity contribution < 1.29 is 9.18 Å². The van der Waals surface area contributed by atoms with E-state index < -0.39 is 0 Å². The fourth-order valence-electron chi connectivity index (χ4n) is 4.80. The van der Waals surface area contributed by atoms with E-state index in [9.17, 15) is 9.18 Å². The van der Waals surface area contributed by atoms with Crippen LogP contribution in [0.4, 0.5) is 10.3 Å². The maximum atomic E-state index is 13.6. The van der Waals surface area contributed by atoms with Gasteiger partial charge in [0, 0.05) is 55.7 Å². The van der Waals surface area contributed by atoms with Crippen molar-refractivity contribution in [2.75, 3.05) is 31.1 Å². The van der Waals surface area contributed by atoms with Crippen LogP contribution >= 0.6 is 0 Å². The molecule has 4 heterocycles. The molecule has 0 saturated carbocycles. The first-order chi connectivity index (χ1) is 15.7. The number of likely N-dealkylation sites (tertiary alicyclic amines) is 1. The largest absolute Gasteiger partial charge is 0.340 e. The highest BCUT2D eigenvalue weighted by Crippen LogP contribution is 2.34. The number of aromatic nitrogens is 5. The number of rotatable bonds is 3. The average molecular weight is 429 g/mol. The van der Waals surface area contributed by atoms with Gasteiger partial charge in [-0.1, -0.05) is 12.1 Å². The van der Waals surface area contributed by atoms with E-state index in [-0.39, 0.29) is 11.7 Å². The van der Waals surface area contributed by atoms with Crippen molar-refractivity contribution in [2.24, 2.45) is 11.8 Å². The van der Waals surface area contributed by atoms with Crippen LogP contribution in [0.3, 0.4) is 0 Å². The van der Waals surface area contributed by atoms with Crippen LogP contribution in [0.1, 0.15) is 10.4 Å². The molecule has 9 heteroatoms. The summed E-state index contributed by atoms with van der Waals surface area (Å²) in [6.07, 6.45) is 4.93. The van der Waals surface area contributed by atoms with Crippen LogP contribution in [0.2, 0.25) is 0 Å². The van der Waals surface area contributed by atoms with E-state index in [0.717, 1.165) is 18.5 Å². The summed E-state index contributed by atoms with van der Waals surface area (Å²) in [5.41, 5.74) is 1.88. The number of anilines is 1. The molecule has 0 bridgehead atoms. The molecule has 1 amide bonds. The molecule has 2 aromatic carbocycles. The Labute approximate surface area is 183 Å². The number of carbonyl (C=O) groups excluding carboxylic acids is 1. The monoisotopic (exact) mass is 429 g/mol. The Bertz CT molecular complexity index is 1290. The second kappa shape index (κ2) is 7.37. The normalized spacial score (nSPS) is 20.2. The van der Waals surface area contributed by atoms with Crippen molar-refractivity contribution >= 4 is 22.8 Å². The van der Waals surface area contributed by atoms with Crippen LogP contribution in [0.15, 0.2) is 61.1 Å². The molecule has 8 nitrogen and oxygen atoms in total. The summed E-state index contributed by atoms with van der Waals surface area (Å²) in [6, 6.07) is 11.9. The number of carbonyl (C=O) groups is 1. The number of amides is 1. The first kappa shape index (κ1) is 18.9.